The smallest absolute Gasteiger partial charge is 0.302 e. The Morgan fingerprint density at radius 3 is 2.68 bits per heavy atom. The number of piperidine rings is 1. The molecule has 1 aliphatic carbocycles. The van der Waals surface area contributed by atoms with Crippen molar-refractivity contribution in [2.24, 2.45) is 5.92 Å². The molecule has 8 heteroatoms. The molecule has 2 aromatic rings. The number of benzene rings is 2. The lowest BCUT2D eigenvalue weighted by Crippen LogP contribution is -2.61. The normalized spacial score (nSPS) is 25.2. The highest BCUT2D eigenvalue weighted by atomic mass is 35.5. The molecule has 4 unspecified atom stereocenters. The number of fused-ring (bicyclic) bond motifs is 1. The Bertz CT molecular complexity index is 1190. The topological polar surface area (TPSA) is 59.1 Å². The van der Waals surface area contributed by atoms with E-state index in [1.165, 1.54) is 6.92 Å². The van der Waals surface area contributed by atoms with Gasteiger partial charge in [-0.05, 0) is 54.8 Å². The van der Waals surface area contributed by atoms with Crippen LogP contribution in [0.1, 0.15) is 37.3 Å². The van der Waals surface area contributed by atoms with Crippen molar-refractivity contribution in [1.29, 1.82) is 0 Å². The highest BCUT2D eigenvalue weighted by Crippen LogP contribution is 2.51. The molecule has 1 saturated heterocycles. The molecule has 0 N–H and O–H groups in total. The SMILES string of the molecule is C=CCN1CCC2(c3cccc(OC)c3)CC(N(C)C(=O)Cc3ccc(Cl)c(Cl)c3)CC(OC(C)=O)C2C1. The number of ether oxygens (including phenoxy) is 2. The van der Waals surface area contributed by atoms with Crippen molar-refractivity contribution in [3.63, 3.8) is 0 Å². The number of amides is 1. The lowest BCUT2D eigenvalue weighted by atomic mass is 9.56. The lowest BCUT2D eigenvalue weighted by molar-refractivity contribution is -0.160. The number of halogens is 2. The van der Waals surface area contributed by atoms with Crippen molar-refractivity contribution < 1.29 is 19.1 Å². The predicted octanol–water partition coefficient (Wildman–Crippen LogP) is 5.54. The molecule has 1 aliphatic heterocycles. The summed E-state index contributed by atoms with van der Waals surface area (Å²) in [5.41, 5.74) is 1.68. The molecular weight excluding hydrogens is 523 g/mol. The van der Waals surface area contributed by atoms with Gasteiger partial charge < -0.3 is 14.4 Å². The van der Waals surface area contributed by atoms with Crippen molar-refractivity contribution in [2.45, 2.75) is 50.2 Å². The van der Waals surface area contributed by atoms with Gasteiger partial charge >= 0.3 is 5.97 Å². The zero-order chi connectivity index (χ0) is 27.4. The van der Waals surface area contributed by atoms with Gasteiger partial charge in [0, 0.05) is 50.9 Å². The van der Waals surface area contributed by atoms with E-state index in [-0.39, 0.29) is 41.8 Å². The molecule has 204 valence electrons. The fraction of sp³-hybridized carbons (Fsp3) is 0.467. The molecule has 0 spiro atoms. The van der Waals surface area contributed by atoms with E-state index < -0.39 is 0 Å². The first kappa shape index (κ1) is 28.5. The van der Waals surface area contributed by atoms with E-state index in [0.717, 1.165) is 49.4 Å². The summed E-state index contributed by atoms with van der Waals surface area (Å²) in [6.07, 6.45) is 4.04. The largest absolute Gasteiger partial charge is 0.497 e. The van der Waals surface area contributed by atoms with Crippen LogP contribution in [0.5, 0.6) is 5.75 Å². The Morgan fingerprint density at radius 2 is 2.00 bits per heavy atom. The summed E-state index contributed by atoms with van der Waals surface area (Å²) in [5, 5.41) is 0.889. The summed E-state index contributed by atoms with van der Waals surface area (Å²) < 4.78 is 11.6. The third-order valence-electron chi connectivity index (χ3n) is 8.22. The molecule has 38 heavy (non-hydrogen) atoms. The number of carbonyl (C=O) groups excluding carboxylic acids is 2. The van der Waals surface area contributed by atoms with Gasteiger partial charge in [-0.3, -0.25) is 14.5 Å². The van der Waals surface area contributed by atoms with Gasteiger partial charge in [-0.15, -0.1) is 6.58 Å². The van der Waals surface area contributed by atoms with Crippen LogP contribution in [0.2, 0.25) is 10.0 Å². The zero-order valence-electron chi connectivity index (χ0n) is 22.3. The summed E-state index contributed by atoms with van der Waals surface area (Å²) in [6, 6.07) is 13.4. The maximum Gasteiger partial charge on any atom is 0.302 e. The maximum absolute atomic E-state index is 13.5. The fourth-order valence-electron chi connectivity index (χ4n) is 6.30. The molecule has 2 fully saturated rings. The standard InChI is InChI=1S/C30H36Cl2N2O4/c1-5-12-34-13-11-30(22-7-6-8-24(16-22)37-4)18-23(17-28(25(30)19-34)38-20(2)35)33(3)29(36)15-21-9-10-26(31)27(32)14-21/h5-10,14,16,23,25,28H,1,11-13,15,17-19H2,2-4H3. The Morgan fingerprint density at radius 1 is 1.21 bits per heavy atom. The molecule has 1 heterocycles. The van der Waals surface area contributed by atoms with Crippen LogP contribution in [-0.2, 0) is 26.2 Å². The predicted molar refractivity (Wildman–Crippen MR) is 151 cm³/mol. The molecule has 1 saturated carbocycles. The van der Waals surface area contributed by atoms with Crippen LogP contribution < -0.4 is 4.74 Å². The van der Waals surface area contributed by atoms with Crippen LogP contribution in [0.4, 0.5) is 0 Å². The number of methoxy groups -OCH3 is 1. The van der Waals surface area contributed by atoms with Crippen LogP contribution >= 0.6 is 23.2 Å². The summed E-state index contributed by atoms with van der Waals surface area (Å²) >= 11 is 12.3. The molecule has 0 radical (unpaired) electrons. The zero-order valence-corrected chi connectivity index (χ0v) is 23.8. The fourth-order valence-corrected chi connectivity index (χ4v) is 6.62. The van der Waals surface area contributed by atoms with E-state index in [4.69, 9.17) is 32.7 Å². The molecule has 6 nitrogen and oxygen atoms in total. The third-order valence-corrected chi connectivity index (χ3v) is 8.96. The Hall–Kier alpha value is -2.54. The van der Waals surface area contributed by atoms with Crippen LogP contribution in [-0.4, -0.2) is 67.6 Å². The first-order chi connectivity index (χ1) is 18.2. The second-order valence-corrected chi connectivity index (χ2v) is 11.3. The summed E-state index contributed by atoms with van der Waals surface area (Å²) in [4.78, 5) is 29.9. The number of carbonyl (C=O) groups is 2. The number of hydrogen-bond donors (Lipinski definition) is 0. The van der Waals surface area contributed by atoms with E-state index in [9.17, 15) is 9.59 Å². The highest BCUT2D eigenvalue weighted by molar-refractivity contribution is 6.42. The molecule has 4 atom stereocenters. The number of likely N-dealkylation sites (tertiary alicyclic amines) is 1. The van der Waals surface area contributed by atoms with Gasteiger partial charge in [0.1, 0.15) is 11.9 Å². The van der Waals surface area contributed by atoms with Gasteiger partial charge in [-0.2, -0.15) is 0 Å². The maximum atomic E-state index is 13.5. The summed E-state index contributed by atoms with van der Waals surface area (Å²) in [6.45, 7) is 7.84. The van der Waals surface area contributed by atoms with E-state index in [0.29, 0.717) is 16.5 Å². The molecule has 2 aromatic carbocycles. The number of esters is 1. The monoisotopic (exact) mass is 558 g/mol. The minimum absolute atomic E-state index is 0.0155. The third kappa shape index (κ3) is 6.03. The van der Waals surface area contributed by atoms with E-state index in [1.807, 2.05) is 36.2 Å². The lowest BCUT2D eigenvalue weighted by Gasteiger charge is -2.56. The molecular formula is C30H36Cl2N2O4. The molecule has 1 amide bonds. The van der Waals surface area contributed by atoms with Crippen LogP contribution in [0, 0.1) is 5.92 Å². The molecule has 0 bridgehead atoms. The molecule has 2 aliphatic rings. The van der Waals surface area contributed by atoms with Gasteiger partial charge in [0.2, 0.25) is 5.91 Å². The Labute approximate surface area is 235 Å². The Balaban J connectivity index is 1.69. The summed E-state index contributed by atoms with van der Waals surface area (Å²) in [5.74, 6) is 0.542. The minimum atomic E-state index is -0.328. The van der Waals surface area contributed by atoms with Crippen molar-refractivity contribution >= 4 is 35.1 Å². The van der Waals surface area contributed by atoms with Crippen LogP contribution in [0.15, 0.2) is 55.1 Å². The van der Waals surface area contributed by atoms with Crippen molar-refractivity contribution in [1.82, 2.24) is 9.80 Å². The van der Waals surface area contributed by atoms with E-state index in [1.54, 1.807) is 19.2 Å². The van der Waals surface area contributed by atoms with Gasteiger partial charge in [-0.1, -0.05) is 47.5 Å². The number of hydrogen-bond acceptors (Lipinski definition) is 5. The van der Waals surface area contributed by atoms with Crippen LogP contribution in [0.25, 0.3) is 0 Å². The second kappa shape index (κ2) is 12.1. The van der Waals surface area contributed by atoms with E-state index >= 15 is 0 Å². The quantitative estimate of drug-likeness (QED) is 0.314. The number of nitrogens with zero attached hydrogens (tertiary/aromatic N) is 2. The van der Waals surface area contributed by atoms with Crippen molar-refractivity contribution in [3.05, 3.63) is 76.3 Å². The van der Waals surface area contributed by atoms with Crippen molar-refractivity contribution in [3.8, 4) is 5.75 Å². The average molecular weight is 560 g/mol. The van der Waals surface area contributed by atoms with Gasteiger partial charge in [-0.25, -0.2) is 0 Å². The molecule has 4 rings (SSSR count). The van der Waals surface area contributed by atoms with Gasteiger partial charge in [0.05, 0.1) is 23.6 Å². The minimum Gasteiger partial charge on any atom is -0.497 e. The Kier molecular flexibility index (Phi) is 9.07. The summed E-state index contributed by atoms with van der Waals surface area (Å²) in [7, 11) is 3.52. The van der Waals surface area contributed by atoms with Gasteiger partial charge in [0.15, 0.2) is 0 Å². The van der Waals surface area contributed by atoms with Gasteiger partial charge in [0.25, 0.3) is 0 Å². The average Bonchev–Trinajstić information content (AvgIpc) is 2.90. The number of likely N-dealkylation sites (N-methyl/N-ethyl adjacent to an activating group) is 1. The second-order valence-electron chi connectivity index (χ2n) is 10.5. The van der Waals surface area contributed by atoms with Crippen molar-refractivity contribution in [2.75, 3.05) is 33.8 Å². The molecule has 0 aromatic heterocycles. The number of rotatable bonds is 8. The first-order valence-corrected chi connectivity index (χ1v) is 13.8. The first-order valence-electron chi connectivity index (χ1n) is 13.0. The highest BCUT2D eigenvalue weighted by Gasteiger charge is 2.54. The van der Waals surface area contributed by atoms with Crippen LogP contribution in [0.3, 0.4) is 0 Å². The van der Waals surface area contributed by atoms with E-state index in [2.05, 4.69) is 23.6 Å².